The molecule has 94 valence electrons. The monoisotopic (exact) mass is 281 g/mol. The Morgan fingerprint density at radius 1 is 0.944 bits per heavy atom. The number of aromatic nitrogens is 2. The lowest BCUT2D eigenvalue weighted by Crippen LogP contribution is -2.11. The second kappa shape index (κ2) is 5.12. The van der Waals surface area contributed by atoms with E-state index in [2.05, 4.69) is 42.2 Å². The predicted molar refractivity (Wildman–Crippen MR) is 76.0 cm³/mol. The smallest absolute Gasteiger partial charge is 0.175 e. The lowest BCUT2D eigenvalue weighted by Gasteiger charge is -2.21. The highest BCUT2D eigenvalue weighted by atomic mass is 35.5. The minimum Gasteiger partial charge on any atom is -0.342 e. The first-order valence-electron chi connectivity index (χ1n) is 5.48. The van der Waals surface area contributed by atoms with Crippen molar-refractivity contribution in [3.8, 4) is 0 Å². The predicted octanol–water partition coefficient (Wildman–Crippen LogP) is 4.17. The highest BCUT2D eigenvalue weighted by Crippen LogP contribution is 2.31. The Labute approximate surface area is 116 Å². The molecule has 0 unspecified atom stereocenters. The first-order chi connectivity index (χ1) is 8.47. The van der Waals surface area contributed by atoms with Crippen molar-refractivity contribution in [3.63, 3.8) is 0 Å². The van der Waals surface area contributed by atoms with E-state index in [9.17, 15) is 0 Å². The van der Waals surface area contributed by atoms with E-state index in [0.29, 0.717) is 10.3 Å². The van der Waals surface area contributed by atoms with Crippen LogP contribution >= 0.6 is 23.2 Å². The lowest BCUT2D eigenvalue weighted by molar-refractivity contribution is 1.02. The van der Waals surface area contributed by atoms with E-state index in [-0.39, 0.29) is 0 Å². The minimum atomic E-state index is 0.325. The van der Waals surface area contributed by atoms with Crippen molar-refractivity contribution in [1.82, 2.24) is 10.2 Å². The Bertz CT molecular complexity index is 564. The molecule has 0 amide bonds. The molecule has 18 heavy (non-hydrogen) atoms. The zero-order chi connectivity index (χ0) is 13.3. The SMILES string of the molecule is Cc1cc(C)cc(N(C)c2cc(Cl)nnc2Cl)c1. The van der Waals surface area contributed by atoms with Gasteiger partial charge in [-0.1, -0.05) is 29.3 Å². The molecule has 0 saturated carbocycles. The van der Waals surface area contributed by atoms with Crippen molar-refractivity contribution in [2.45, 2.75) is 13.8 Å². The van der Waals surface area contributed by atoms with E-state index in [0.717, 1.165) is 11.4 Å². The summed E-state index contributed by atoms with van der Waals surface area (Å²) in [4.78, 5) is 1.95. The first kappa shape index (κ1) is 13.1. The number of nitrogens with zero attached hydrogens (tertiary/aromatic N) is 3. The molecule has 0 spiro atoms. The maximum atomic E-state index is 6.05. The second-order valence-corrected chi connectivity index (χ2v) is 4.99. The Kier molecular flexibility index (Phi) is 3.73. The molecule has 0 saturated heterocycles. The van der Waals surface area contributed by atoms with Crippen LogP contribution in [0.5, 0.6) is 0 Å². The lowest BCUT2D eigenvalue weighted by atomic mass is 10.1. The van der Waals surface area contributed by atoms with E-state index in [1.165, 1.54) is 11.1 Å². The molecular formula is C13H13Cl2N3. The van der Waals surface area contributed by atoms with Crippen LogP contribution < -0.4 is 4.90 Å². The van der Waals surface area contributed by atoms with Crippen molar-refractivity contribution >= 4 is 34.6 Å². The molecule has 1 aromatic carbocycles. The van der Waals surface area contributed by atoms with Crippen LogP contribution in [0.3, 0.4) is 0 Å². The largest absolute Gasteiger partial charge is 0.342 e. The van der Waals surface area contributed by atoms with Crippen LogP contribution in [0.4, 0.5) is 11.4 Å². The molecule has 5 heteroatoms. The number of rotatable bonds is 2. The van der Waals surface area contributed by atoms with Crippen LogP contribution in [0.2, 0.25) is 10.3 Å². The van der Waals surface area contributed by atoms with Gasteiger partial charge in [0.15, 0.2) is 10.3 Å². The summed E-state index contributed by atoms with van der Waals surface area (Å²) < 4.78 is 0. The van der Waals surface area contributed by atoms with Crippen molar-refractivity contribution in [3.05, 3.63) is 45.7 Å². The molecule has 0 aliphatic carbocycles. The molecule has 0 aliphatic heterocycles. The van der Waals surface area contributed by atoms with Gasteiger partial charge >= 0.3 is 0 Å². The number of hydrogen-bond acceptors (Lipinski definition) is 3. The van der Waals surface area contributed by atoms with Crippen LogP contribution in [0, 0.1) is 13.8 Å². The molecule has 0 aliphatic rings. The molecule has 0 atom stereocenters. The van der Waals surface area contributed by atoms with E-state index >= 15 is 0 Å². The van der Waals surface area contributed by atoms with Crippen LogP contribution in [-0.2, 0) is 0 Å². The minimum absolute atomic E-state index is 0.325. The van der Waals surface area contributed by atoms with Crippen LogP contribution in [-0.4, -0.2) is 17.2 Å². The van der Waals surface area contributed by atoms with Crippen LogP contribution in [0.25, 0.3) is 0 Å². The third kappa shape index (κ3) is 2.74. The molecule has 1 aromatic heterocycles. The molecule has 0 bridgehead atoms. The normalized spacial score (nSPS) is 10.5. The summed E-state index contributed by atoms with van der Waals surface area (Å²) in [6, 6.07) is 7.99. The van der Waals surface area contributed by atoms with Crippen molar-refractivity contribution in [1.29, 1.82) is 0 Å². The fraction of sp³-hybridized carbons (Fsp3) is 0.231. The summed E-state index contributed by atoms with van der Waals surface area (Å²) in [7, 11) is 1.92. The van der Waals surface area contributed by atoms with Crippen molar-refractivity contribution in [2.24, 2.45) is 0 Å². The van der Waals surface area contributed by atoms with Crippen LogP contribution in [0.1, 0.15) is 11.1 Å². The van der Waals surface area contributed by atoms with E-state index in [4.69, 9.17) is 23.2 Å². The summed E-state index contributed by atoms with van der Waals surface area (Å²) in [5.74, 6) is 0. The maximum absolute atomic E-state index is 6.05. The maximum Gasteiger partial charge on any atom is 0.175 e. The van der Waals surface area contributed by atoms with Gasteiger partial charge < -0.3 is 4.90 Å². The van der Waals surface area contributed by atoms with Gasteiger partial charge in [0.05, 0.1) is 5.69 Å². The van der Waals surface area contributed by atoms with Gasteiger partial charge in [-0.15, -0.1) is 10.2 Å². The molecule has 1 heterocycles. The van der Waals surface area contributed by atoms with E-state index < -0.39 is 0 Å². The van der Waals surface area contributed by atoms with E-state index in [1.807, 2.05) is 11.9 Å². The average Bonchev–Trinajstić information content (AvgIpc) is 2.30. The average molecular weight is 282 g/mol. The second-order valence-electron chi connectivity index (χ2n) is 4.25. The van der Waals surface area contributed by atoms with E-state index in [1.54, 1.807) is 6.07 Å². The molecule has 2 rings (SSSR count). The Hall–Kier alpha value is -1.32. The third-order valence-electron chi connectivity index (χ3n) is 2.66. The molecule has 0 fully saturated rings. The highest BCUT2D eigenvalue weighted by molar-refractivity contribution is 6.33. The Morgan fingerprint density at radius 3 is 2.17 bits per heavy atom. The highest BCUT2D eigenvalue weighted by Gasteiger charge is 2.11. The van der Waals surface area contributed by atoms with Gasteiger partial charge in [-0.05, 0) is 37.1 Å². The third-order valence-corrected chi connectivity index (χ3v) is 3.11. The summed E-state index contributed by atoms with van der Waals surface area (Å²) in [6.45, 7) is 4.12. The quantitative estimate of drug-likeness (QED) is 0.827. The zero-order valence-corrected chi connectivity index (χ0v) is 11.9. The summed E-state index contributed by atoms with van der Waals surface area (Å²) in [5, 5.41) is 8.18. The first-order valence-corrected chi connectivity index (χ1v) is 6.23. The van der Waals surface area contributed by atoms with Gasteiger partial charge in [-0.25, -0.2) is 0 Å². The van der Waals surface area contributed by atoms with Gasteiger partial charge in [-0.3, -0.25) is 0 Å². The number of benzene rings is 1. The Morgan fingerprint density at radius 2 is 1.56 bits per heavy atom. The van der Waals surface area contributed by atoms with Crippen molar-refractivity contribution in [2.75, 3.05) is 11.9 Å². The summed E-state index contributed by atoms with van der Waals surface area (Å²) in [6.07, 6.45) is 0. The molecular weight excluding hydrogens is 269 g/mol. The van der Waals surface area contributed by atoms with Gasteiger partial charge in [0.1, 0.15) is 0 Å². The van der Waals surface area contributed by atoms with Gasteiger partial charge in [-0.2, -0.15) is 0 Å². The van der Waals surface area contributed by atoms with Gasteiger partial charge in [0, 0.05) is 18.8 Å². The van der Waals surface area contributed by atoms with Gasteiger partial charge in [0.25, 0.3) is 0 Å². The fourth-order valence-corrected chi connectivity index (χ4v) is 2.22. The molecule has 0 N–H and O–H groups in total. The topological polar surface area (TPSA) is 29.0 Å². The van der Waals surface area contributed by atoms with Gasteiger partial charge in [0.2, 0.25) is 0 Å². The number of hydrogen-bond donors (Lipinski definition) is 0. The summed E-state index contributed by atoms with van der Waals surface area (Å²) in [5.41, 5.74) is 4.17. The number of halogens is 2. The van der Waals surface area contributed by atoms with Crippen LogP contribution in [0.15, 0.2) is 24.3 Å². The zero-order valence-electron chi connectivity index (χ0n) is 10.4. The Balaban J connectivity index is 2.47. The standard InChI is InChI=1S/C13H13Cl2N3/c1-8-4-9(2)6-10(5-8)18(3)11-7-12(14)16-17-13(11)15/h4-7H,1-3H3. The molecule has 0 radical (unpaired) electrons. The number of aryl methyl sites for hydroxylation is 2. The fourth-order valence-electron chi connectivity index (χ4n) is 1.86. The number of anilines is 2. The van der Waals surface area contributed by atoms with Crippen molar-refractivity contribution < 1.29 is 0 Å². The molecule has 2 aromatic rings. The summed E-state index contributed by atoms with van der Waals surface area (Å²) >= 11 is 11.9. The molecule has 3 nitrogen and oxygen atoms in total.